The Bertz CT molecular complexity index is 589. The van der Waals surface area contributed by atoms with Gasteiger partial charge in [-0.15, -0.1) is 0 Å². The highest BCUT2D eigenvalue weighted by atomic mass is 32.2. The van der Waals surface area contributed by atoms with Crippen molar-refractivity contribution in [3.05, 3.63) is 29.8 Å². The van der Waals surface area contributed by atoms with Crippen LogP contribution in [0.4, 0.5) is 5.69 Å². The van der Waals surface area contributed by atoms with Gasteiger partial charge in [0.1, 0.15) is 0 Å². The Morgan fingerprint density at radius 3 is 2.58 bits per heavy atom. The van der Waals surface area contributed by atoms with Gasteiger partial charge in [0, 0.05) is 17.7 Å². The molecule has 0 aliphatic heterocycles. The second kappa shape index (κ2) is 6.09. The fourth-order valence-corrected chi connectivity index (χ4v) is 1.93. The fourth-order valence-electron chi connectivity index (χ4n) is 1.19. The molecule has 1 aromatic carbocycles. The molecule has 0 fully saturated rings. The van der Waals surface area contributed by atoms with Crippen LogP contribution in [0.15, 0.2) is 24.3 Å². The van der Waals surface area contributed by atoms with Crippen LogP contribution in [0, 0.1) is 11.8 Å². The standard InChI is InChI=1S/C14H19NO3S/c1-14(2,3)19(17,18)15-13-9-6-8-12(11-13)7-4-5-10-16/h6,8-9,11,15-16H,5,10H2,1-3H3. The number of hydrogen-bond acceptors (Lipinski definition) is 3. The lowest BCUT2D eigenvalue weighted by atomic mass is 10.2. The van der Waals surface area contributed by atoms with Crippen molar-refractivity contribution < 1.29 is 13.5 Å². The van der Waals surface area contributed by atoms with E-state index in [1.165, 1.54) is 0 Å². The Balaban J connectivity index is 2.94. The van der Waals surface area contributed by atoms with Crippen molar-refractivity contribution in [2.45, 2.75) is 31.9 Å². The van der Waals surface area contributed by atoms with Crippen molar-refractivity contribution >= 4 is 15.7 Å². The topological polar surface area (TPSA) is 66.4 Å². The maximum Gasteiger partial charge on any atom is 0.237 e. The van der Waals surface area contributed by atoms with Gasteiger partial charge in [0.15, 0.2) is 0 Å². The van der Waals surface area contributed by atoms with E-state index in [1.807, 2.05) is 0 Å². The number of nitrogens with one attached hydrogen (secondary N) is 1. The van der Waals surface area contributed by atoms with Gasteiger partial charge in [-0.3, -0.25) is 4.72 Å². The molecular weight excluding hydrogens is 262 g/mol. The summed E-state index contributed by atoms with van der Waals surface area (Å²) in [7, 11) is -3.43. The maximum absolute atomic E-state index is 12.0. The summed E-state index contributed by atoms with van der Waals surface area (Å²) in [6.07, 6.45) is 0.401. The lowest BCUT2D eigenvalue weighted by Gasteiger charge is -2.20. The molecule has 0 spiro atoms. The molecule has 2 N–H and O–H groups in total. The molecule has 0 saturated carbocycles. The van der Waals surface area contributed by atoms with Crippen molar-refractivity contribution in [2.24, 2.45) is 0 Å². The predicted octanol–water partition coefficient (Wildman–Crippen LogP) is 1.96. The summed E-state index contributed by atoms with van der Waals surface area (Å²) >= 11 is 0. The molecule has 0 saturated heterocycles. The number of aliphatic hydroxyl groups is 1. The molecule has 0 bridgehead atoms. The summed E-state index contributed by atoms with van der Waals surface area (Å²) < 4.78 is 25.7. The third-order valence-corrected chi connectivity index (χ3v) is 4.51. The van der Waals surface area contributed by atoms with Crippen molar-refractivity contribution in [3.63, 3.8) is 0 Å². The van der Waals surface area contributed by atoms with Crippen LogP contribution in [0.25, 0.3) is 0 Å². The van der Waals surface area contributed by atoms with Gasteiger partial charge in [0.25, 0.3) is 0 Å². The van der Waals surface area contributed by atoms with Crippen molar-refractivity contribution in [1.82, 2.24) is 0 Å². The van der Waals surface area contributed by atoms with Crippen LogP contribution in [0.2, 0.25) is 0 Å². The van der Waals surface area contributed by atoms with Gasteiger partial charge >= 0.3 is 0 Å². The van der Waals surface area contributed by atoms with Crippen molar-refractivity contribution in [3.8, 4) is 11.8 Å². The summed E-state index contributed by atoms with van der Waals surface area (Å²) in [5.41, 5.74) is 1.20. The summed E-state index contributed by atoms with van der Waals surface area (Å²) in [5.74, 6) is 5.66. The lowest BCUT2D eigenvalue weighted by Crippen LogP contribution is -2.33. The number of hydrogen-bond donors (Lipinski definition) is 2. The summed E-state index contributed by atoms with van der Waals surface area (Å²) in [6.45, 7) is 4.93. The fraction of sp³-hybridized carbons (Fsp3) is 0.429. The number of aliphatic hydroxyl groups excluding tert-OH is 1. The molecule has 1 rings (SSSR count). The lowest BCUT2D eigenvalue weighted by molar-refractivity contribution is 0.305. The third kappa shape index (κ3) is 4.58. The Kier molecular flexibility index (Phi) is 4.98. The molecule has 0 aromatic heterocycles. The first kappa shape index (κ1) is 15.5. The van der Waals surface area contributed by atoms with Gasteiger partial charge in [-0.1, -0.05) is 17.9 Å². The van der Waals surface area contributed by atoms with Crippen LogP contribution in [-0.4, -0.2) is 24.9 Å². The zero-order valence-electron chi connectivity index (χ0n) is 11.4. The SMILES string of the molecule is CC(C)(C)S(=O)(=O)Nc1cccc(C#CCCO)c1. The molecule has 104 valence electrons. The highest BCUT2D eigenvalue weighted by Gasteiger charge is 2.28. The molecule has 0 amide bonds. The van der Waals surface area contributed by atoms with Crippen LogP contribution in [0.5, 0.6) is 0 Å². The summed E-state index contributed by atoms with van der Waals surface area (Å²) in [4.78, 5) is 0. The molecule has 0 atom stereocenters. The first-order chi connectivity index (χ1) is 8.76. The maximum atomic E-state index is 12.0. The summed E-state index contributed by atoms with van der Waals surface area (Å²) in [6, 6.07) is 6.89. The normalized spacial score (nSPS) is 11.6. The van der Waals surface area contributed by atoms with Gasteiger partial charge in [-0.25, -0.2) is 8.42 Å². The first-order valence-corrected chi connectivity index (χ1v) is 7.47. The zero-order chi connectivity index (χ0) is 14.5. The van der Waals surface area contributed by atoms with E-state index in [2.05, 4.69) is 16.6 Å². The van der Waals surface area contributed by atoms with Crippen LogP contribution < -0.4 is 4.72 Å². The van der Waals surface area contributed by atoms with Crippen LogP contribution in [-0.2, 0) is 10.0 Å². The minimum Gasteiger partial charge on any atom is -0.395 e. The predicted molar refractivity (Wildman–Crippen MR) is 77.3 cm³/mol. The van der Waals surface area contributed by atoms with E-state index >= 15 is 0 Å². The molecule has 4 nitrogen and oxygen atoms in total. The van der Waals surface area contributed by atoms with Gasteiger partial charge < -0.3 is 5.11 Å². The molecule has 1 aromatic rings. The minimum atomic E-state index is -3.43. The quantitative estimate of drug-likeness (QED) is 0.832. The molecule has 0 radical (unpaired) electrons. The molecule has 0 unspecified atom stereocenters. The number of anilines is 1. The average Bonchev–Trinajstić information content (AvgIpc) is 2.27. The van der Waals surface area contributed by atoms with E-state index in [9.17, 15) is 8.42 Å². The van der Waals surface area contributed by atoms with Crippen LogP contribution in [0.3, 0.4) is 0 Å². The largest absolute Gasteiger partial charge is 0.395 e. The van der Waals surface area contributed by atoms with E-state index in [0.29, 0.717) is 17.7 Å². The van der Waals surface area contributed by atoms with E-state index in [-0.39, 0.29) is 6.61 Å². The number of rotatable bonds is 3. The number of benzene rings is 1. The molecule has 0 aliphatic rings. The highest BCUT2D eigenvalue weighted by molar-refractivity contribution is 7.94. The van der Waals surface area contributed by atoms with E-state index in [4.69, 9.17) is 5.11 Å². The van der Waals surface area contributed by atoms with Gasteiger partial charge in [-0.05, 0) is 39.0 Å². The minimum absolute atomic E-state index is 0.0172. The molecule has 0 aliphatic carbocycles. The second-order valence-electron chi connectivity index (χ2n) is 5.07. The van der Waals surface area contributed by atoms with Crippen LogP contribution >= 0.6 is 0 Å². The smallest absolute Gasteiger partial charge is 0.237 e. The molecule has 5 heteroatoms. The van der Waals surface area contributed by atoms with Crippen molar-refractivity contribution in [1.29, 1.82) is 0 Å². The molecule has 19 heavy (non-hydrogen) atoms. The third-order valence-electron chi connectivity index (χ3n) is 2.39. The number of sulfonamides is 1. The van der Waals surface area contributed by atoms with Gasteiger partial charge in [0.05, 0.1) is 11.4 Å². The van der Waals surface area contributed by atoms with Crippen molar-refractivity contribution in [2.75, 3.05) is 11.3 Å². The van der Waals surface area contributed by atoms with E-state index in [0.717, 1.165) is 0 Å². The Morgan fingerprint density at radius 1 is 1.32 bits per heavy atom. The second-order valence-corrected chi connectivity index (χ2v) is 7.51. The van der Waals surface area contributed by atoms with E-state index < -0.39 is 14.8 Å². The average molecular weight is 281 g/mol. The monoisotopic (exact) mass is 281 g/mol. The van der Waals surface area contributed by atoms with E-state index in [1.54, 1.807) is 45.0 Å². The Hall–Kier alpha value is -1.51. The molecular formula is C14H19NO3S. The van der Waals surface area contributed by atoms with Gasteiger partial charge in [0.2, 0.25) is 10.0 Å². The Morgan fingerprint density at radius 2 is 2.00 bits per heavy atom. The molecule has 0 heterocycles. The zero-order valence-corrected chi connectivity index (χ0v) is 12.2. The highest BCUT2D eigenvalue weighted by Crippen LogP contribution is 2.19. The Labute approximate surface area is 114 Å². The first-order valence-electron chi connectivity index (χ1n) is 5.98. The summed E-state index contributed by atoms with van der Waals surface area (Å²) in [5, 5.41) is 8.65. The van der Waals surface area contributed by atoms with Crippen LogP contribution in [0.1, 0.15) is 32.8 Å². The van der Waals surface area contributed by atoms with Gasteiger partial charge in [-0.2, -0.15) is 0 Å².